The van der Waals surface area contributed by atoms with Crippen molar-refractivity contribution in [2.24, 2.45) is 0 Å². The van der Waals surface area contributed by atoms with Gasteiger partial charge < -0.3 is 53.8 Å². The molecule has 0 aromatic heterocycles. The second kappa shape index (κ2) is 28.3. The molecule has 12 heteroatoms. The molecule has 0 aliphatic carbocycles. The molecule has 2 aromatic rings. The Bertz CT molecular complexity index is 2020. The van der Waals surface area contributed by atoms with Gasteiger partial charge in [0, 0.05) is 82.1 Å². The molecule has 0 amide bonds. The van der Waals surface area contributed by atoms with E-state index in [9.17, 15) is 0 Å². The average molecular weight is 1110 g/mol. The topological polar surface area (TPSA) is 113 Å². The van der Waals surface area contributed by atoms with E-state index in [0.717, 1.165) is 139 Å². The van der Waals surface area contributed by atoms with E-state index in [1.165, 1.54) is 11.1 Å². The van der Waals surface area contributed by atoms with Crippen LogP contribution in [0.1, 0.15) is 225 Å². The van der Waals surface area contributed by atoms with Crippen LogP contribution in [0.5, 0.6) is 23.0 Å². The van der Waals surface area contributed by atoms with Gasteiger partial charge in [-0.1, -0.05) is 12.8 Å². The first kappa shape index (κ1) is 65.5. The summed E-state index contributed by atoms with van der Waals surface area (Å²) < 4.78 is 51.5. The second-order valence-corrected chi connectivity index (χ2v) is 29.8. The van der Waals surface area contributed by atoms with E-state index in [1.807, 2.05) is 0 Å². The van der Waals surface area contributed by atoms with Gasteiger partial charge in [0.2, 0.25) is 0 Å². The number of piperidine rings is 4. The lowest BCUT2D eigenvalue weighted by Crippen LogP contribution is -2.60. The standard InChI is InChI=1S/C67H116N4O8/c1-60(2)42-56(43-61(3,4)68-60)76-32-22-28-72-52-36-50(37-53(40-52)73-29-23-33-77-57-44-62(5,6)69-63(7,8)45-57)26-20-18-19-21-27-51-38-54(74-30-24-34-78-58-46-64(9,10)70-65(11,12)47-58)41-55(39-51)75-31-25-35-79-59-48-66(13,14)71(17)67(15,16)49-59/h36-41,56-59,68-70H,18-35,42-49H2,1-17H3. The number of rotatable bonds is 31. The first-order chi connectivity index (χ1) is 36.9. The third kappa shape index (κ3) is 23.1. The minimum Gasteiger partial charge on any atom is -0.493 e. The molecule has 12 nitrogen and oxygen atoms in total. The van der Waals surface area contributed by atoms with Crippen LogP contribution in [0.2, 0.25) is 0 Å². The fraction of sp³-hybridized carbons (Fsp3) is 0.821. The molecule has 4 saturated heterocycles. The molecule has 4 heterocycles. The quantitative estimate of drug-likeness (QED) is 0.0625. The van der Waals surface area contributed by atoms with Gasteiger partial charge in [-0.2, -0.15) is 0 Å². The van der Waals surface area contributed by atoms with Gasteiger partial charge in [-0.05, 0) is 230 Å². The van der Waals surface area contributed by atoms with Crippen molar-refractivity contribution in [3.8, 4) is 23.0 Å². The molecule has 0 bridgehead atoms. The Morgan fingerprint density at radius 3 is 0.823 bits per heavy atom. The van der Waals surface area contributed by atoms with Crippen LogP contribution in [-0.4, -0.2) is 134 Å². The fourth-order valence-electron chi connectivity index (χ4n) is 14.3. The van der Waals surface area contributed by atoms with Crippen molar-refractivity contribution in [2.75, 3.05) is 59.9 Å². The first-order valence-electron chi connectivity index (χ1n) is 31.2. The van der Waals surface area contributed by atoms with Gasteiger partial charge in [0.1, 0.15) is 23.0 Å². The van der Waals surface area contributed by atoms with E-state index in [0.29, 0.717) is 52.9 Å². The lowest BCUT2D eigenvalue weighted by atomic mass is 9.79. The Kier molecular flexibility index (Phi) is 23.4. The number of hydrogen-bond donors (Lipinski definition) is 3. The maximum absolute atomic E-state index is 6.49. The summed E-state index contributed by atoms with van der Waals surface area (Å²) in [5, 5.41) is 11.3. The lowest BCUT2D eigenvalue weighted by molar-refractivity contribution is -0.0924. The van der Waals surface area contributed by atoms with Crippen molar-refractivity contribution >= 4 is 0 Å². The molecule has 0 radical (unpaired) electrons. The van der Waals surface area contributed by atoms with Crippen LogP contribution in [0.3, 0.4) is 0 Å². The molecular weight excluding hydrogens is 989 g/mol. The Hall–Kier alpha value is -2.68. The van der Waals surface area contributed by atoms with Crippen molar-refractivity contribution < 1.29 is 37.9 Å². The van der Waals surface area contributed by atoms with Crippen LogP contribution in [0, 0.1) is 0 Å². The molecule has 79 heavy (non-hydrogen) atoms. The second-order valence-electron chi connectivity index (χ2n) is 29.8. The maximum Gasteiger partial charge on any atom is 0.123 e. The summed E-state index contributed by atoms with van der Waals surface area (Å²) in [5.74, 6) is 3.47. The SMILES string of the molecule is CN1C(C)(C)CC(OCCCOc2cc(CCCCCCc3cc(OCCCOC4CC(C)(C)NC(C)(C)C4)cc(OCCCOC4CC(C)(C)NC(C)(C)C4)c3)cc(OCCCOC3CC(C)(C)NC(C)(C)C3)c2)CC1(C)C. The van der Waals surface area contributed by atoms with Crippen LogP contribution in [0.4, 0.5) is 0 Å². The summed E-state index contributed by atoms with van der Waals surface area (Å²) in [6.07, 6.45) is 18.9. The van der Waals surface area contributed by atoms with Crippen LogP contribution >= 0.6 is 0 Å². The van der Waals surface area contributed by atoms with E-state index in [2.05, 4.69) is 175 Å². The fourth-order valence-corrected chi connectivity index (χ4v) is 14.3. The molecule has 0 atom stereocenters. The highest BCUT2D eigenvalue weighted by Gasteiger charge is 2.44. The molecule has 3 N–H and O–H groups in total. The van der Waals surface area contributed by atoms with Gasteiger partial charge in [0.25, 0.3) is 0 Å². The van der Waals surface area contributed by atoms with E-state index in [4.69, 9.17) is 37.9 Å². The zero-order valence-corrected chi connectivity index (χ0v) is 53.4. The number of benzene rings is 2. The van der Waals surface area contributed by atoms with Gasteiger partial charge >= 0.3 is 0 Å². The molecule has 4 fully saturated rings. The Morgan fingerprint density at radius 1 is 0.329 bits per heavy atom. The molecule has 452 valence electrons. The first-order valence-corrected chi connectivity index (χ1v) is 31.2. The van der Waals surface area contributed by atoms with E-state index >= 15 is 0 Å². The number of hydrogen-bond acceptors (Lipinski definition) is 12. The summed E-state index contributed by atoms with van der Waals surface area (Å²) in [6, 6.07) is 13.0. The highest BCUT2D eigenvalue weighted by molar-refractivity contribution is 5.39. The number of nitrogens with one attached hydrogen (secondary N) is 3. The van der Waals surface area contributed by atoms with Gasteiger partial charge in [-0.25, -0.2) is 0 Å². The molecule has 2 aromatic carbocycles. The summed E-state index contributed by atoms with van der Waals surface area (Å²) in [6.45, 7) is 41.8. The molecule has 6 rings (SSSR count). The largest absolute Gasteiger partial charge is 0.493 e. The zero-order chi connectivity index (χ0) is 57.8. The third-order valence-corrected chi connectivity index (χ3v) is 16.9. The monoisotopic (exact) mass is 1100 g/mol. The van der Waals surface area contributed by atoms with Crippen molar-refractivity contribution in [1.82, 2.24) is 20.9 Å². The predicted octanol–water partition coefficient (Wildman–Crippen LogP) is 13.8. The number of aryl methyl sites for hydroxylation is 2. The molecule has 0 spiro atoms. The van der Waals surface area contributed by atoms with Gasteiger partial charge in [0.15, 0.2) is 0 Å². The highest BCUT2D eigenvalue weighted by atomic mass is 16.5. The van der Waals surface area contributed by atoms with Gasteiger partial charge in [-0.3, -0.25) is 4.90 Å². The molecular formula is C67H116N4O8. The minimum absolute atomic E-state index is 0.0615. The van der Waals surface area contributed by atoms with Crippen LogP contribution in [-0.2, 0) is 31.8 Å². The molecule has 4 aliphatic rings. The smallest absolute Gasteiger partial charge is 0.123 e. The van der Waals surface area contributed by atoms with Gasteiger partial charge in [0.05, 0.1) is 77.3 Å². The number of nitrogens with zero attached hydrogens (tertiary/aromatic N) is 1. The van der Waals surface area contributed by atoms with Crippen molar-refractivity contribution in [1.29, 1.82) is 0 Å². The Balaban J connectivity index is 0.990. The van der Waals surface area contributed by atoms with Crippen molar-refractivity contribution in [3.05, 3.63) is 47.5 Å². The van der Waals surface area contributed by atoms with E-state index in [-0.39, 0.29) is 68.7 Å². The van der Waals surface area contributed by atoms with E-state index < -0.39 is 0 Å². The number of likely N-dealkylation sites (tertiary alicyclic amines) is 1. The van der Waals surface area contributed by atoms with E-state index in [1.54, 1.807) is 0 Å². The zero-order valence-electron chi connectivity index (χ0n) is 53.4. The van der Waals surface area contributed by atoms with Crippen molar-refractivity contribution in [2.45, 2.75) is 295 Å². The summed E-state index contributed by atoms with van der Waals surface area (Å²) in [4.78, 5) is 2.51. The summed E-state index contributed by atoms with van der Waals surface area (Å²) >= 11 is 0. The molecule has 4 aliphatic heterocycles. The molecule has 0 saturated carbocycles. The summed E-state index contributed by atoms with van der Waals surface area (Å²) in [5.41, 5.74) is 3.08. The summed E-state index contributed by atoms with van der Waals surface area (Å²) in [7, 11) is 2.25. The number of ether oxygens (including phenoxy) is 8. The van der Waals surface area contributed by atoms with Gasteiger partial charge in [-0.15, -0.1) is 0 Å². The van der Waals surface area contributed by atoms with Crippen LogP contribution < -0.4 is 34.9 Å². The number of unbranched alkanes of at least 4 members (excludes halogenated alkanes) is 3. The van der Waals surface area contributed by atoms with Crippen LogP contribution in [0.15, 0.2) is 36.4 Å². The average Bonchev–Trinajstić information content (AvgIpc) is 3.32. The van der Waals surface area contributed by atoms with Crippen LogP contribution in [0.25, 0.3) is 0 Å². The minimum atomic E-state index is 0.0615. The third-order valence-electron chi connectivity index (χ3n) is 16.9. The predicted molar refractivity (Wildman–Crippen MR) is 325 cm³/mol. The van der Waals surface area contributed by atoms with Crippen molar-refractivity contribution in [3.63, 3.8) is 0 Å². The maximum atomic E-state index is 6.49. The lowest BCUT2D eigenvalue weighted by Gasteiger charge is -2.53. The Labute approximate surface area is 482 Å². The highest BCUT2D eigenvalue weighted by Crippen LogP contribution is 2.39. The molecule has 0 unspecified atom stereocenters. The Morgan fingerprint density at radius 2 is 0.570 bits per heavy atom. The normalized spacial score (nSPS) is 22.8.